The fraction of sp³-hybridized carbons (Fsp3) is 0.615. The van der Waals surface area contributed by atoms with Gasteiger partial charge in [-0.15, -0.1) is 35.3 Å². The first-order valence-corrected chi connectivity index (χ1v) is 8.48. The van der Waals surface area contributed by atoms with Crippen molar-refractivity contribution in [1.82, 2.24) is 10.6 Å². The second-order valence-corrected chi connectivity index (χ2v) is 8.45. The lowest BCUT2D eigenvalue weighted by Crippen LogP contribution is -2.39. The fourth-order valence-corrected chi connectivity index (χ4v) is 2.92. The zero-order valence-corrected chi connectivity index (χ0v) is 16.4. The largest absolute Gasteiger partial charge is 0.355 e. The summed E-state index contributed by atoms with van der Waals surface area (Å²) in [6.07, 6.45) is 0. The Balaban J connectivity index is 0.00000361. The Kier molecular flexibility index (Phi) is 9.65. The molecule has 0 aliphatic carbocycles. The molecule has 0 aromatic carbocycles. The average Bonchev–Trinajstić information content (AvgIpc) is 2.85. The minimum atomic E-state index is -0.832. The van der Waals surface area contributed by atoms with Crippen LogP contribution in [0.2, 0.25) is 0 Å². The quantitative estimate of drug-likeness (QED) is 0.430. The topological polar surface area (TPSA) is 53.5 Å². The fourth-order valence-electron chi connectivity index (χ4n) is 1.37. The number of hydrogen-bond donors (Lipinski definition) is 2. The van der Waals surface area contributed by atoms with Gasteiger partial charge in [-0.05, 0) is 32.2 Å². The number of hydrogen-bond acceptors (Lipinski definition) is 3. The molecule has 0 aliphatic heterocycles. The van der Waals surface area contributed by atoms with Gasteiger partial charge in [0.05, 0.1) is 6.54 Å². The number of thiophene rings is 1. The van der Waals surface area contributed by atoms with E-state index in [9.17, 15) is 4.21 Å². The van der Waals surface area contributed by atoms with Gasteiger partial charge in [0, 0.05) is 39.8 Å². The maximum atomic E-state index is 11.9. The van der Waals surface area contributed by atoms with Crippen LogP contribution in [0.4, 0.5) is 0 Å². The molecule has 1 unspecified atom stereocenters. The van der Waals surface area contributed by atoms with Crippen LogP contribution in [-0.2, 0) is 17.3 Å². The molecular formula is C13H24IN3OS2. The highest BCUT2D eigenvalue weighted by Crippen LogP contribution is 2.10. The number of rotatable bonds is 5. The van der Waals surface area contributed by atoms with Crippen LogP contribution < -0.4 is 10.6 Å². The van der Waals surface area contributed by atoms with Crippen LogP contribution in [0.5, 0.6) is 0 Å². The molecule has 116 valence electrons. The highest BCUT2D eigenvalue weighted by molar-refractivity contribution is 14.0. The molecule has 1 atom stereocenters. The summed E-state index contributed by atoms with van der Waals surface area (Å²) in [4.78, 5) is 5.41. The van der Waals surface area contributed by atoms with E-state index in [1.165, 1.54) is 4.88 Å². The van der Waals surface area contributed by atoms with Gasteiger partial charge in [-0.3, -0.25) is 9.20 Å². The first kappa shape index (κ1) is 19.9. The van der Waals surface area contributed by atoms with Crippen LogP contribution in [-0.4, -0.2) is 34.3 Å². The summed E-state index contributed by atoms with van der Waals surface area (Å²) in [5.41, 5.74) is 0. The van der Waals surface area contributed by atoms with Crippen molar-refractivity contribution in [3.63, 3.8) is 0 Å². The van der Waals surface area contributed by atoms with E-state index in [1.807, 2.05) is 26.8 Å². The summed E-state index contributed by atoms with van der Waals surface area (Å²) in [5.74, 6) is 1.38. The van der Waals surface area contributed by atoms with Gasteiger partial charge in [-0.25, -0.2) is 0 Å². The summed E-state index contributed by atoms with van der Waals surface area (Å²) < 4.78 is 11.7. The van der Waals surface area contributed by atoms with Gasteiger partial charge in [0.2, 0.25) is 0 Å². The second-order valence-electron chi connectivity index (χ2n) is 5.09. The molecule has 7 heteroatoms. The Morgan fingerprint density at radius 3 is 2.60 bits per heavy atom. The summed E-state index contributed by atoms with van der Waals surface area (Å²) in [6.45, 7) is 7.40. The lowest BCUT2D eigenvalue weighted by atomic mass is 10.3. The first-order valence-electron chi connectivity index (χ1n) is 6.29. The molecule has 4 nitrogen and oxygen atoms in total. The van der Waals surface area contributed by atoms with Crippen molar-refractivity contribution >= 4 is 52.1 Å². The molecule has 1 rings (SSSR count). The Hall–Kier alpha value is -0.150. The van der Waals surface area contributed by atoms with Crippen molar-refractivity contribution in [2.45, 2.75) is 32.1 Å². The molecule has 0 radical (unpaired) electrons. The van der Waals surface area contributed by atoms with Crippen LogP contribution >= 0.6 is 35.3 Å². The maximum Gasteiger partial charge on any atom is 0.191 e. The predicted molar refractivity (Wildman–Crippen MR) is 101 cm³/mol. The van der Waals surface area contributed by atoms with Gasteiger partial charge in [0.25, 0.3) is 0 Å². The molecule has 0 saturated carbocycles. The molecule has 0 bridgehead atoms. The van der Waals surface area contributed by atoms with Crippen LogP contribution in [0, 0.1) is 0 Å². The molecule has 0 fully saturated rings. The predicted octanol–water partition coefficient (Wildman–Crippen LogP) is 2.58. The monoisotopic (exact) mass is 429 g/mol. The highest BCUT2D eigenvalue weighted by atomic mass is 127. The third kappa shape index (κ3) is 7.58. The average molecular weight is 429 g/mol. The normalized spacial score (nSPS) is 13.5. The van der Waals surface area contributed by atoms with E-state index in [2.05, 4.69) is 27.1 Å². The molecule has 1 aromatic heterocycles. The Bertz CT molecular complexity index is 427. The Morgan fingerprint density at radius 2 is 2.10 bits per heavy atom. The number of halogens is 1. The van der Waals surface area contributed by atoms with Crippen LogP contribution in [0.15, 0.2) is 22.5 Å². The van der Waals surface area contributed by atoms with E-state index in [-0.39, 0.29) is 28.7 Å². The number of nitrogens with one attached hydrogen (secondary N) is 2. The third-order valence-corrected chi connectivity index (χ3v) is 5.31. The number of aliphatic imine (C=N–C) groups is 1. The van der Waals surface area contributed by atoms with Crippen LogP contribution in [0.25, 0.3) is 0 Å². The molecule has 1 aromatic rings. The molecule has 0 saturated heterocycles. The summed E-state index contributed by atoms with van der Waals surface area (Å²) in [6, 6.07) is 4.12. The minimum absolute atomic E-state index is 0. The zero-order valence-electron chi connectivity index (χ0n) is 12.4. The van der Waals surface area contributed by atoms with Gasteiger partial charge >= 0.3 is 0 Å². The third-order valence-electron chi connectivity index (χ3n) is 2.50. The first-order chi connectivity index (χ1) is 8.93. The summed E-state index contributed by atoms with van der Waals surface area (Å²) in [5, 5.41) is 8.48. The molecule has 1 heterocycles. The molecular weight excluding hydrogens is 405 g/mol. The Labute approximate surface area is 145 Å². The zero-order chi connectivity index (χ0) is 14.3. The van der Waals surface area contributed by atoms with Gasteiger partial charge < -0.3 is 10.6 Å². The lowest BCUT2D eigenvalue weighted by molar-refractivity contribution is 0.647. The molecule has 0 spiro atoms. The summed E-state index contributed by atoms with van der Waals surface area (Å²) in [7, 11) is 0.908. The standard InChI is InChI=1S/C13H23N3OS2.HI/c1-13(2,3)19(17)9-7-15-12(14-4)16-10-11-6-5-8-18-11;/h5-6,8H,7,9-10H2,1-4H3,(H2,14,15,16);1H. The van der Waals surface area contributed by atoms with E-state index >= 15 is 0 Å². The lowest BCUT2D eigenvalue weighted by Gasteiger charge is -2.18. The van der Waals surface area contributed by atoms with Crippen molar-refractivity contribution < 1.29 is 4.21 Å². The van der Waals surface area contributed by atoms with Crippen molar-refractivity contribution in [2.75, 3.05) is 19.3 Å². The molecule has 2 N–H and O–H groups in total. The molecule has 0 amide bonds. The van der Waals surface area contributed by atoms with Crippen molar-refractivity contribution in [2.24, 2.45) is 4.99 Å². The number of guanidine groups is 1. The van der Waals surface area contributed by atoms with E-state index < -0.39 is 10.8 Å². The smallest absolute Gasteiger partial charge is 0.191 e. The second kappa shape index (κ2) is 9.73. The summed E-state index contributed by atoms with van der Waals surface area (Å²) >= 11 is 1.71. The molecule has 20 heavy (non-hydrogen) atoms. The van der Waals surface area contributed by atoms with E-state index in [0.717, 1.165) is 12.5 Å². The van der Waals surface area contributed by atoms with E-state index in [0.29, 0.717) is 12.3 Å². The van der Waals surface area contributed by atoms with Crippen molar-refractivity contribution in [3.05, 3.63) is 22.4 Å². The Morgan fingerprint density at radius 1 is 1.40 bits per heavy atom. The van der Waals surface area contributed by atoms with E-state index in [1.54, 1.807) is 18.4 Å². The van der Waals surface area contributed by atoms with E-state index in [4.69, 9.17) is 0 Å². The van der Waals surface area contributed by atoms with Gasteiger partial charge in [-0.1, -0.05) is 6.07 Å². The van der Waals surface area contributed by atoms with Gasteiger partial charge in [0.1, 0.15) is 0 Å². The van der Waals surface area contributed by atoms with Crippen LogP contribution in [0.1, 0.15) is 25.6 Å². The minimum Gasteiger partial charge on any atom is -0.355 e. The van der Waals surface area contributed by atoms with Gasteiger partial charge in [0.15, 0.2) is 5.96 Å². The number of nitrogens with zero attached hydrogens (tertiary/aromatic N) is 1. The SMILES string of the molecule is CN=C(NCCS(=O)C(C)(C)C)NCc1cccs1.I. The van der Waals surface area contributed by atoms with Crippen molar-refractivity contribution in [1.29, 1.82) is 0 Å². The van der Waals surface area contributed by atoms with Crippen molar-refractivity contribution in [3.8, 4) is 0 Å². The van der Waals surface area contributed by atoms with Gasteiger partial charge in [-0.2, -0.15) is 0 Å². The highest BCUT2D eigenvalue weighted by Gasteiger charge is 2.18. The maximum absolute atomic E-state index is 11.9. The molecule has 0 aliphatic rings. The van der Waals surface area contributed by atoms with Crippen LogP contribution in [0.3, 0.4) is 0 Å².